The third kappa shape index (κ3) is 4.14. The SMILES string of the molecule is COc1ccc(C(C)C)cc1S(=O)(=O)N1CCN(c2cc(Cl)ccc2C)CC1. The van der Waals surface area contributed by atoms with Gasteiger partial charge in [0, 0.05) is 36.9 Å². The Kier molecular flexibility index (Phi) is 6.22. The van der Waals surface area contributed by atoms with Crippen molar-refractivity contribution in [1.82, 2.24) is 4.31 Å². The lowest BCUT2D eigenvalue weighted by Gasteiger charge is -2.36. The third-order valence-electron chi connectivity index (χ3n) is 5.22. The smallest absolute Gasteiger partial charge is 0.246 e. The summed E-state index contributed by atoms with van der Waals surface area (Å²) in [6.07, 6.45) is 0. The Labute approximate surface area is 172 Å². The number of hydrogen-bond donors (Lipinski definition) is 0. The summed E-state index contributed by atoms with van der Waals surface area (Å²) >= 11 is 6.14. The van der Waals surface area contributed by atoms with Gasteiger partial charge in [-0.25, -0.2) is 8.42 Å². The van der Waals surface area contributed by atoms with E-state index in [9.17, 15) is 8.42 Å². The van der Waals surface area contributed by atoms with Crippen LogP contribution in [0.5, 0.6) is 5.75 Å². The van der Waals surface area contributed by atoms with Crippen LogP contribution in [0.15, 0.2) is 41.3 Å². The van der Waals surface area contributed by atoms with Gasteiger partial charge in [-0.1, -0.05) is 37.6 Å². The van der Waals surface area contributed by atoms with E-state index in [1.54, 1.807) is 16.4 Å². The molecular formula is C21H27ClN2O3S. The molecule has 2 aromatic carbocycles. The Hall–Kier alpha value is -1.76. The standard InChI is InChI=1S/C21H27ClN2O3S/c1-15(2)17-6-8-20(27-4)21(13-17)28(25,26)24-11-9-23(10-12-24)19-14-18(22)7-5-16(19)3/h5-8,13-15H,9-12H2,1-4H3. The van der Waals surface area contributed by atoms with E-state index in [1.807, 2.05) is 45.0 Å². The predicted molar refractivity (Wildman–Crippen MR) is 114 cm³/mol. The first-order chi connectivity index (χ1) is 13.2. The Morgan fingerprint density at radius 1 is 1.04 bits per heavy atom. The fourth-order valence-corrected chi connectivity index (χ4v) is 5.26. The Morgan fingerprint density at radius 3 is 2.32 bits per heavy atom. The van der Waals surface area contributed by atoms with Gasteiger partial charge in [0.2, 0.25) is 10.0 Å². The Balaban J connectivity index is 1.84. The number of piperazine rings is 1. The minimum absolute atomic E-state index is 0.238. The largest absolute Gasteiger partial charge is 0.495 e. The molecule has 0 bridgehead atoms. The number of rotatable bonds is 5. The lowest BCUT2D eigenvalue weighted by Crippen LogP contribution is -2.48. The number of anilines is 1. The fraction of sp³-hybridized carbons (Fsp3) is 0.429. The van der Waals surface area contributed by atoms with Crippen molar-refractivity contribution >= 4 is 27.3 Å². The number of methoxy groups -OCH3 is 1. The van der Waals surface area contributed by atoms with Gasteiger partial charge in [0.25, 0.3) is 0 Å². The minimum Gasteiger partial charge on any atom is -0.495 e. The second-order valence-electron chi connectivity index (χ2n) is 7.39. The maximum absolute atomic E-state index is 13.3. The Bertz CT molecular complexity index is 952. The van der Waals surface area contributed by atoms with Crippen LogP contribution in [-0.2, 0) is 10.0 Å². The first kappa shape index (κ1) is 21.0. The number of sulfonamides is 1. The van der Waals surface area contributed by atoms with Crippen molar-refractivity contribution in [2.75, 3.05) is 38.2 Å². The van der Waals surface area contributed by atoms with Gasteiger partial charge in [-0.15, -0.1) is 0 Å². The van der Waals surface area contributed by atoms with Crippen LogP contribution in [0.4, 0.5) is 5.69 Å². The summed E-state index contributed by atoms with van der Waals surface area (Å²) in [6, 6.07) is 11.2. The highest BCUT2D eigenvalue weighted by Crippen LogP contribution is 2.32. The number of nitrogens with zero attached hydrogens (tertiary/aromatic N) is 2. The molecule has 1 aliphatic rings. The summed E-state index contributed by atoms with van der Waals surface area (Å²) in [6.45, 7) is 8.21. The van der Waals surface area contributed by atoms with Crippen LogP contribution >= 0.6 is 11.6 Å². The molecular weight excluding hydrogens is 396 g/mol. The van der Waals surface area contributed by atoms with E-state index in [-0.39, 0.29) is 10.8 Å². The van der Waals surface area contributed by atoms with E-state index in [2.05, 4.69) is 4.90 Å². The van der Waals surface area contributed by atoms with Gasteiger partial charge >= 0.3 is 0 Å². The summed E-state index contributed by atoms with van der Waals surface area (Å²) in [5.41, 5.74) is 3.17. The monoisotopic (exact) mass is 422 g/mol. The van der Waals surface area contributed by atoms with Crippen molar-refractivity contribution in [3.8, 4) is 5.75 Å². The number of aryl methyl sites for hydroxylation is 1. The average Bonchev–Trinajstić information content (AvgIpc) is 2.69. The lowest BCUT2D eigenvalue weighted by molar-refractivity contribution is 0.374. The second kappa shape index (κ2) is 8.31. The molecule has 1 aliphatic heterocycles. The zero-order valence-electron chi connectivity index (χ0n) is 16.8. The molecule has 7 heteroatoms. The highest BCUT2D eigenvalue weighted by Gasteiger charge is 2.31. The summed E-state index contributed by atoms with van der Waals surface area (Å²) in [5.74, 6) is 0.625. The molecule has 152 valence electrons. The van der Waals surface area contributed by atoms with Crippen molar-refractivity contribution in [3.05, 3.63) is 52.5 Å². The molecule has 1 saturated heterocycles. The van der Waals surface area contributed by atoms with E-state index >= 15 is 0 Å². The highest BCUT2D eigenvalue weighted by molar-refractivity contribution is 7.89. The fourth-order valence-electron chi connectivity index (χ4n) is 3.49. The van der Waals surface area contributed by atoms with Crippen molar-refractivity contribution < 1.29 is 13.2 Å². The third-order valence-corrected chi connectivity index (χ3v) is 7.38. The van der Waals surface area contributed by atoms with E-state index in [0.717, 1.165) is 16.8 Å². The van der Waals surface area contributed by atoms with Gasteiger partial charge in [0.1, 0.15) is 10.6 Å². The average molecular weight is 423 g/mol. The molecule has 0 unspecified atom stereocenters. The predicted octanol–water partition coefficient (Wildman–Crippen LogP) is 4.29. The van der Waals surface area contributed by atoms with E-state index in [4.69, 9.17) is 16.3 Å². The second-order valence-corrected chi connectivity index (χ2v) is 9.73. The first-order valence-electron chi connectivity index (χ1n) is 9.43. The quantitative estimate of drug-likeness (QED) is 0.721. The van der Waals surface area contributed by atoms with Crippen LogP contribution in [0, 0.1) is 6.92 Å². The molecule has 0 N–H and O–H groups in total. The summed E-state index contributed by atoms with van der Waals surface area (Å²) in [5, 5.41) is 0.686. The van der Waals surface area contributed by atoms with Gasteiger partial charge < -0.3 is 9.64 Å². The molecule has 0 saturated carbocycles. The molecule has 0 atom stereocenters. The molecule has 0 radical (unpaired) electrons. The van der Waals surface area contributed by atoms with Crippen LogP contribution in [0.3, 0.4) is 0 Å². The van der Waals surface area contributed by atoms with Gasteiger partial charge in [0.15, 0.2) is 0 Å². The normalized spacial score (nSPS) is 15.9. The number of hydrogen-bond acceptors (Lipinski definition) is 4. The van der Waals surface area contributed by atoms with E-state index in [0.29, 0.717) is 37.0 Å². The van der Waals surface area contributed by atoms with E-state index in [1.165, 1.54) is 7.11 Å². The molecule has 0 amide bonds. The zero-order chi connectivity index (χ0) is 20.5. The number of halogens is 1. The van der Waals surface area contributed by atoms with Crippen LogP contribution < -0.4 is 9.64 Å². The van der Waals surface area contributed by atoms with Gasteiger partial charge in [-0.3, -0.25) is 0 Å². The molecule has 0 aromatic heterocycles. The summed E-state index contributed by atoms with van der Waals surface area (Å²) < 4.78 is 33.5. The number of ether oxygens (including phenoxy) is 1. The van der Waals surface area contributed by atoms with Gasteiger partial charge in [-0.2, -0.15) is 4.31 Å². The van der Waals surface area contributed by atoms with Crippen molar-refractivity contribution in [1.29, 1.82) is 0 Å². The van der Waals surface area contributed by atoms with Crippen molar-refractivity contribution in [2.24, 2.45) is 0 Å². The molecule has 0 aliphatic carbocycles. The van der Waals surface area contributed by atoms with Crippen LogP contribution in [0.2, 0.25) is 5.02 Å². The molecule has 1 fully saturated rings. The number of benzene rings is 2. The summed E-state index contributed by atoms with van der Waals surface area (Å²) in [4.78, 5) is 2.43. The molecule has 0 spiro atoms. The maximum atomic E-state index is 13.3. The topological polar surface area (TPSA) is 49.9 Å². The highest BCUT2D eigenvalue weighted by atomic mass is 35.5. The van der Waals surface area contributed by atoms with Crippen LogP contribution in [0.1, 0.15) is 30.9 Å². The molecule has 2 aromatic rings. The van der Waals surface area contributed by atoms with Crippen molar-refractivity contribution in [3.63, 3.8) is 0 Å². The lowest BCUT2D eigenvalue weighted by atomic mass is 10.0. The molecule has 3 rings (SSSR count). The molecule has 5 nitrogen and oxygen atoms in total. The van der Waals surface area contributed by atoms with Gasteiger partial charge in [-0.05, 0) is 48.2 Å². The summed E-state index contributed by atoms with van der Waals surface area (Å²) in [7, 11) is -2.13. The maximum Gasteiger partial charge on any atom is 0.246 e. The van der Waals surface area contributed by atoms with Crippen molar-refractivity contribution in [2.45, 2.75) is 31.6 Å². The zero-order valence-corrected chi connectivity index (χ0v) is 18.3. The van der Waals surface area contributed by atoms with Crippen LogP contribution in [0.25, 0.3) is 0 Å². The van der Waals surface area contributed by atoms with Crippen LogP contribution in [-0.4, -0.2) is 46.0 Å². The molecule has 28 heavy (non-hydrogen) atoms. The molecule has 1 heterocycles. The Morgan fingerprint density at radius 2 is 1.71 bits per heavy atom. The first-order valence-corrected chi connectivity index (χ1v) is 11.2. The minimum atomic E-state index is -3.63. The van der Waals surface area contributed by atoms with Gasteiger partial charge in [0.05, 0.1) is 7.11 Å². The van der Waals surface area contributed by atoms with E-state index < -0.39 is 10.0 Å².